The van der Waals surface area contributed by atoms with E-state index in [1.807, 2.05) is 54.3 Å². The molecule has 0 spiro atoms. The molecule has 0 N–H and O–H groups in total. The number of carbonyl (C=O) groups is 1. The van der Waals surface area contributed by atoms with Gasteiger partial charge in [0.25, 0.3) is 5.91 Å². The second-order valence-electron chi connectivity index (χ2n) is 7.16. The van der Waals surface area contributed by atoms with Crippen LogP contribution in [0.2, 0.25) is 0 Å². The Hall–Kier alpha value is -2.59. The van der Waals surface area contributed by atoms with E-state index < -0.39 is 6.10 Å². The molecule has 2 aromatic rings. The SMILES string of the molecule is CCc1ccccc1O[C@@H](C)C(=O)N1CCN(C/C=C/c2ccccc2)CC1. The minimum Gasteiger partial charge on any atom is -0.481 e. The van der Waals surface area contributed by atoms with E-state index in [1.54, 1.807) is 0 Å². The number of nitrogens with zero attached hydrogens (tertiary/aromatic N) is 2. The Morgan fingerprint density at radius 2 is 1.71 bits per heavy atom. The Morgan fingerprint density at radius 1 is 1.04 bits per heavy atom. The van der Waals surface area contributed by atoms with Gasteiger partial charge in [-0.05, 0) is 30.5 Å². The van der Waals surface area contributed by atoms with E-state index in [4.69, 9.17) is 4.74 Å². The van der Waals surface area contributed by atoms with Gasteiger partial charge in [-0.25, -0.2) is 0 Å². The van der Waals surface area contributed by atoms with Crippen LogP contribution < -0.4 is 4.74 Å². The zero-order valence-electron chi connectivity index (χ0n) is 16.9. The monoisotopic (exact) mass is 378 g/mol. The third-order valence-corrected chi connectivity index (χ3v) is 5.16. The van der Waals surface area contributed by atoms with Crippen LogP contribution in [0.4, 0.5) is 0 Å². The minimum absolute atomic E-state index is 0.0744. The molecule has 0 aliphatic carbocycles. The summed E-state index contributed by atoms with van der Waals surface area (Å²) < 4.78 is 5.98. The van der Waals surface area contributed by atoms with Crippen molar-refractivity contribution in [1.29, 1.82) is 0 Å². The number of benzene rings is 2. The molecule has 0 unspecified atom stereocenters. The van der Waals surface area contributed by atoms with E-state index in [9.17, 15) is 4.79 Å². The summed E-state index contributed by atoms with van der Waals surface area (Å²) in [4.78, 5) is 17.1. The van der Waals surface area contributed by atoms with Crippen LogP contribution in [0.25, 0.3) is 6.08 Å². The van der Waals surface area contributed by atoms with Gasteiger partial charge in [0.1, 0.15) is 5.75 Å². The van der Waals surface area contributed by atoms with Crippen molar-refractivity contribution >= 4 is 12.0 Å². The van der Waals surface area contributed by atoms with Gasteiger partial charge in [0.2, 0.25) is 0 Å². The van der Waals surface area contributed by atoms with Crippen molar-refractivity contribution in [3.8, 4) is 5.75 Å². The van der Waals surface area contributed by atoms with Gasteiger partial charge in [0.15, 0.2) is 6.10 Å². The Labute approximate surface area is 168 Å². The predicted octanol–water partition coefficient (Wildman–Crippen LogP) is 3.87. The van der Waals surface area contributed by atoms with Crippen molar-refractivity contribution in [2.45, 2.75) is 26.4 Å². The highest BCUT2D eigenvalue weighted by Crippen LogP contribution is 2.20. The van der Waals surface area contributed by atoms with E-state index >= 15 is 0 Å². The van der Waals surface area contributed by atoms with E-state index in [1.165, 1.54) is 5.56 Å². The second kappa shape index (κ2) is 10.1. The third kappa shape index (κ3) is 5.46. The maximum Gasteiger partial charge on any atom is 0.263 e. The van der Waals surface area contributed by atoms with Gasteiger partial charge in [-0.1, -0.05) is 67.6 Å². The lowest BCUT2D eigenvalue weighted by molar-refractivity contribution is -0.139. The van der Waals surface area contributed by atoms with Gasteiger partial charge >= 0.3 is 0 Å². The maximum atomic E-state index is 12.8. The van der Waals surface area contributed by atoms with Crippen molar-refractivity contribution in [2.75, 3.05) is 32.7 Å². The molecule has 1 fully saturated rings. The third-order valence-electron chi connectivity index (χ3n) is 5.16. The summed E-state index contributed by atoms with van der Waals surface area (Å²) in [6.07, 6.45) is 4.78. The van der Waals surface area contributed by atoms with Gasteiger partial charge in [-0.2, -0.15) is 0 Å². The summed E-state index contributed by atoms with van der Waals surface area (Å²) in [5.41, 5.74) is 2.35. The summed E-state index contributed by atoms with van der Waals surface area (Å²) in [5.74, 6) is 0.890. The fraction of sp³-hybridized carbons (Fsp3) is 0.375. The molecule has 148 valence electrons. The Kier molecular flexibility index (Phi) is 7.26. The molecule has 1 amide bonds. The normalized spacial score (nSPS) is 16.3. The molecule has 1 heterocycles. The number of hydrogen-bond donors (Lipinski definition) is 0. The molecule has 1 saturated heterocycles. The molecule has 2 aromatic carbocycles. The van der Waals surface area contributed by atoms with Crippen LogP contribution in [0.15, 0.2) is 60.7 Å². The molecular weight excluding hydrogens is 348 g/mol. The summed E-state index contributed by atoms with van der Waals surface area (Å²) >= 11 is 0. The lowest BCUT2D eigenvalue weighted by atomic mass is 10.1. The zero-order chi connectivity index (χ0) is 19.8. The predicted molar refractivity (Wildman–Crippen MR) is 114 cm³/mol. The van der Waals surface area contributed by atoms with Gasteiger partial charge in [-0.15, -0.1) is 0 Å². The summed E-state index contributed by atoms with van der Waals surface area (Å²) in [6, 6.07) is 18.3. The minimum atomic E-state index is -0.461. The summed E-state index contributed by atoms with van der Waals surface area (Å²) in [6.45, 7) is 8.14. The van der Waals surface area contributed by atoms with Gasteiger partial charge in [-0.3, -0.25) is 9.69 Å². The number of hydrogen-bond acceptors (Lipinski definition) is 3. The molecule has 1 aliphatic heterocycles. The van der Waals surface area contributed by atoms with E-state index in [2.05, 4.69) is 36.1 Å². The van der Waals surface area contributed by atoms with Crippen molar-refractivity contribution in [3.63, 3.8) is 0 Å². The summed E-state index contributed by atoms with van der Waals surface area (Å²) in [5, 5.41) is 0. The highest BCUT2D eigenvalue weighted by molar-refractivity contribution is 5.81. The number of piperazine rings is 1. The Balaban J connectivity index is 1.46. The van der Waals surface area contributed by atoms with Crippen LogP contribution in [0, 0.1) is 0 Å². The van der Waals surface area contributed by atoms with Gasteiger partial charge in [0, 0.05) is 32.7 Å². The molecule has 0 aromatic heterocycles. The molecule has 28 heavy (non-hydrogen) atoms. The fourth-order valence-electron chi connectivity index (χ4n) is 3.46. The molecule has 0 saturated carbocycles. The van der Waals surface area contributed by atoms with Crippen LogP contribution in [0.1, 0.15) is 25.0 Å². The largest absolute Gasteiger partial charge is 0.481 e. The molecule has 0 bridgehead atoms. The zero-order valence-corrected chi connectivity index (χ0v) is 16.9. The highest BCUT2D eigenvalue weighted by atomic mass is 16.5. The maximum absolute atomic E-state index is 12.8. The summed E-state index contributed by atoms with van der Waals surface area (Å²) in [7, 11) is 0. The molecule has 1 atom stereocenters. The number of aryl methyl sites for hydroxylation is 1. The van der Waals surface area contributed by atoms with Crippen molar-refractivity contribution < 1.29 is 9.53 Å². The van der Waals surface area contributed by atoms with E-state index in [-0.39, 0.29) is 5.91 Å². The first kappa shape index (κ1) is 20.2. The smallest absolute Gasteiger partial charge is 0.263 e. The van der Waals surface area contributed by atoms with Crippen LogP contribution in [-0.4, -0.2) is 54.5 Å². The highest BCUT2D eigenvalue weighted by Gasteiger charge is 2.26. The van der Waals surface area contributed by atoms with Crippen LogP contribution in [0.5, 0.6) is 5.75 Å². The Bertz CT molecular complexity index is 780. The number of para-hydroxylation sites is 1. The van der Waals surface area contributed by atoms with Gasteiger partial charge in [0.05, 0.1) is 0 Å². The van der Waals surface area contributed by atoms with E-state index in [0.717, 1.165) is 50.5 Å². The number of rotatable bonds is 7. The average molecular weight is 379 g/mol. The quantitative estimate of drug-likeness (QED) is 0.733. The molecule has 4 heteroatoms. The lowest BCUT2D eigenvalue weighted by Crippen LogP contribution is -2.51. The molecule has 0 radical (unpaired) electrons. The molecule has 3 rings (SSSR count). The second-order valence-corrected chi connectivity index (χ2v) is 7.16. The topological polar surface area (TPSA) is 32.8 Å². The van der Waals surface area contributed by atoms with Crippen LogP contribution in [0.3, 0.4) is 0 Å². The van der Waals surface area contributed by atoms with Crippen LogP contribution in [-0.2, 0) is 11.2 Å². The van der Waals surface area contributed by atoms with Gasteiger partial charge < -0.3 is 9.64 Å². The standard InChI is InChI=1S/C24H30N2O2/c1-3-22-13-7-8-14-23(22)28-20(2)24(27)26-18-16-25(17-19-26)15-9-12-21-10-5-4-6-11-21/h4-14,20H,3,15-19H2,1-2H3/b12-9+/t20-/m0/s1. The Morgan fingerprint density at radius 3 is 2.43 bits per heavy atom. The average Bonchev–Trinajstić information content (AvgIpc) is 2.75. The lowest BCUT2D eigenvalue weighted by Gasteiger charge is -2.35. The fourth-order valence-corrected chi connectivity index (χ4v) is 3.46. The number of carbonyl (C=O) groups excluding carboxylic acids is 1. The van der Waals surface area contributed by atoms with Crippen molar-refractivity contribution in [2.24, 2.45) is 0 Å². The number of amides is 1. The first-order chi connectivity index (χ1) is 13.7. The van der Waals surface area contributed by atoms with Crippen LogP contribution >= 0.6 is 0 Å². The van der Waals surface area contributed by atoms with E-state index in [0.29, 0.717) is 0 Å². The van der Waals surface area contributed by atoms with Crippen molar-refractivity contribution in [1.82, 2.24) is 9.80 Å². The molecule has 4 nitrogen and oxygen atoms in total. The van der Waals surface area contributed by atoms with Crippen molar-refractivity contribution in [3.05, 3.63) is 71.8 Å². The molecular formula is C24H30N2O2. The first-order valence-electron chi connectivity index (χ1n) is 10.1. The first-order valence-corrected chi connectivity index (χ1v) is 10.1. The number of ether oxygens (including phenoxy) is 1. The molecule has 1 aliphatic rings.